The standard InChI is InChI=1S/C22H22N2O5/c1-26-13-5-7-17-16(9-13)15-3-2-4-18(22(15)24-17)23-21(25)11-27-14-6-8-19-20(10-14)29-12-28-19/h5-10,18,24H,2-4,11-12H2,1H3,(H,23,25)/t18-/m1/s1. The molecule has 3 aromatic rings. The molecule has 1 atom stereocenters. The Labute approximate surface area is 167 Å². The second-order valence-electron chi connectivity index (χ2n) is 7.24. The third-order valence-corrected chi connectivity index (χ3v) is 5.46. The highest BCUT2D eigenvalue weighted by Gasteiger charge is 2.26. The molecule has 5 rings (SSSR count). The van der Waals surface area contributed by atoms with E-state index in [0.29, 0.717) is 17.2 Å². The Hall–Kier alpha value is -3.35. The summed E-state index contributed by atoms with van der Waals surface area (Å²) >= 11 is 0. The summed E-state index contributed by atoms with van der Waals surface area (Å²) in [7, 11) is 1.67. The minimum Gasteiger partial charge on any atom is -0.497 e. The molecule has 7 nitrogen and oxygen atoms in total. The van der Waals surface area contributed by atoms with Gasteiger partial charge in [-0.2, -0.15) is 0 Å². The number of carbonyl (C=O) groups is 1. The van der Waals surface area contributed by atoms with Crippen molar-refractivity contribution in [3.05, 3.63) is 47.7 Å². The number of hydrogen-bond acceptors (Lipinski definition) is 5. The quantitative estimate of drug-likeness (QED) is 0.692. The maximum atomic E-state index is 12.5. The van der Waals surface area contributed by atoms with Crippen molar-refractivity contribution in [2.75, 3.05) is 20.5 Å². The molecule has 0 radical (unpaired) electrons. The predicted octanol–water partition coefficient (Wildman–Crippen LogP) is 3.48. The van der Waals surface area contributed by atoms with Crippen molar-refractivity contribution >= 4 is 16.8 Å². The fraction of sp³-hybridized carbons (Fsp3) is 0.318. The third-order valence-electron chi connectivity index (χ3n) is 5.46. The maximum Gasteiger partial charge on any atom is 0.258 e. The molecule has 0 spiro atoms. The van der Waals surface area contributed by atoms with Gasteiger partial charge in [0.05, 0.1) is 13.2 Å². The first kappa shape index (κ1) is 17.7. The topological polar surface area (TPSA) is 81.8 Å². The van der Waals surface area contributed by atoms with Crippen LogP contribution in [-0.2, 0) is 11.2 Å². The van der Waals surface area contributed by atoms with Crippen LogP contribution >= 0.6 is 0 Å². The van der Waals surface area contributed by atoms with E-state index in [-0.39, 0.29) is 25.3 Å². The van der Waals surface area contributed by atoms with Gasteiger partial charge < -0.3 is 29.2 Å². The molecule has 0 fully saturated rings. The van der Waals surface area contributed by atoms with E-state index < -0.39 is 0 Å². The van der Waals surface area contributed by atoms with Crippen LogP contribution in [0.2, 0.25) is 0 Å². The van der Waals surface area contributed by atoms with E-state index >= 15 is 0 Å². The van der Waals surface area contributed by atoms with E-state index in [0.717, 1.165) is 41.6 Å². The number of amides is 1. The molecule has 7 heteroatoms. The molecule has 1 amide bonds. The SMILES string of the molecule is COc1ccc2[nH]c3c(c2c1)CCC[C@H]3NC(=O)COc1ccc2c(c1)OCO2. The van der Waals surface area contributed by atoms with E-state index in [1.807, 2.05) is 12.1 Å². The van der Waals surface area contributed by atoms with Crippen LogP contribution in [0.1, 0.15) is 30.1 Å². The molecule has 1 aliphatic carbocycles. The second kappa shape index (κ2) is 7.24. The molecule has 2 aromatic carbocycles. The summed E-state index contributed by atoms with van der Waals surface area (Å²) < 4.78 is 21.6. The smallest absolute Gasteiger partial charge is 0.258 e. The lowest BCUT2D eigenvalue weighted by Crippen LogP contribution is -2.34. The van der Waals surface area contributed by atoms with Gasteiger partial charge in [-0.25, -0.2) is 0 Å². The Morgan fingerprint density at radius 3 is 2.93 bits per heavy atom. The minimum absolute atomic E-state index is 0.0509. The number of nitrogens with one attached hydrogen (secondary N) is 2. The molecule has 0 saturated carbocycles. The molecule has 0 saturated heterocycles. The van der Waals surface area contributed by atoms with Gasteiger partial charge in [0.25, 0.3) is 5.91 Å². The molecular formula is C22H22N2O5. The van der Waals surface area contributed by atoms with Crippen LogP contribution in [0, 0.1) is 0 Å². The van der Waals surface area contributed by atoms with Gasteiger partial charge in [0.1, 0.15) is 11.5 Å². The number of carbonyl (C=O) groups excluding carboxylic acids is 1. The van der Waals surface area contributed by atoms with Gasteiger partial charge in [0.2, 0.25) is 6.79 Å². The summed E-state index contributed by atoms with van der Waals surface area (Å²) in [5.41, 5.74) is 3.40. The van der Waals surface area contributed by atoms with Gasteiger partial charge in [-0.05, 0) is 55.2 Å². The van der Waals surface area contributed by atoms with Crippen molar-refractivity contribution in [1.82, 2.24) is 10.3 Å². The van der Waals surface area contributed by atoms with Crippen molar-refractivity contribution in [1.29, 1.82) is 0 Å². The summed E-state index contributed by atoms with van der Waals surface area (Å²) in [5.74, 6) is 2.58. The fourth-order valence-corrected chi connectivity index (χ4v) is 4.06. The van der Waals surface area contributed by atoms with E-state index in [1.165, 1.54) is 5.56 Å². The van der Waals surface area contributed by atoms with Crippen LogP contribution in [-0.4, -0.2) is 31.4 Å². The van der Waals surface area contributed by atoms with E-state index in [2.05, 4.69) is 16.4 Å². The molecule has 150 valence electrons. The predicted molar refractivity (Wildman–Crippen MR) is 107 cm³/mol. The number of aromatic amines is 1. The summed E-state index contributed by atoms with van der Waals surface area (Å²) in [6.07, 6.45) is 2.90. The number of fused-ring (bicyclic) bond motifs is 4. The fourth-order valence-electron chi connectivity index (χ4n) is 4.06. The normalized spacial score (nSPS) is 17.1. The van der Waals surface area contributed by atoms with Crippen LogP contribution in [0.15, 0.2) is 36.4 Å². The lowest BCUT2D eigenvalue weighted by molar-refractivity contribution is -0.124. The Morgan fingerprint density at radius 1 is 1.17 bits per heavy atom. The van der Waals surface area contributed by atoms with Crippen molar-refractivity contribution < 1.29 is 23.7 Å². The molecule has 2 aliphatic rings. The third kappa shape index (κ3) is 3.33. The van der Waals surface area contributed by atoms with Crippen LogP contribution in [0.4, 0.5) is 0 Å². The summed E-state index contributed by atoms with van der Waals surface area (Å²) in [4.78, 5) is 16.0. The van der Waals surface area contributed by atoms with Gasteiger partial charge in [0.15, 0.2) is 18.1 Å². The van der Waals surface area contributed by atoms with Gasteiger partial charge in [0, 0.05) is 22.7 Å². The van der Waals surface area contributed by atoms with E-state index in [4.69, 9.17) is 18.9 Å². The number of hydrogen-bond donors (Lipinski definition) is 2. The van der Waals surface area contributed by atoms with Crippen molar-refractivity contribution in [3.8, 4) is 23.0 Å². The minimum atomic E-state index is -0.156. The number of aromatic nitrogens is 1. The van der Waals surface area contributed by atoms with Crippen LogP contribution in [0.5, 0.6) is 23.0 Å². The number of H-pyrrole nitrogens is 1. The molecule has 2 heterocycles. The Balaban J connectivity index is 1.28. The van der Waals surface area contributed by atoms with Gasteiger partial charge in [-0.15, -0.1) is 0 Å². The summed E-state index contributed by atoms with van der Waals surface area (Å²) in [5, 5.41) is 4.27. The Bertz CT molecular complexity index is 1070. The average molecular weight is 394 g/mol. The molecule has 29 heavy (non-hydrogen) atoms. The van der Waals surface area contributed by atoms with Gasteiger partial charge in [-0.3, -0.25) is 4.79 Å². The molecule has 0 bridgehead atoms. The van der Waals surface area contributed by atoms with Gasteiger partial charge >= 0.3 is 0 Å². The molecule has 0 unspecified atom stereocenters. The van der Waals surface area contributed by atoms with Gasteiger partial charge in [-0.1, -0.05) is 0 Å². The average Bonchev–Trinajstić information content (AvgIpc) is 3.36. The van der Waals surface area contributed by atoms with Crippen LogP contribution < -0.4 is 24.3 Å². The molecular weight excluding hydrogens is 372 g/mol. The first-order valence-electron chi connectivity index (χ1n) is 9.71. The molecule has 1 aliphatic heterocycles. The highest BCUT2D eigenvalue weighted by Crippen LogP contribution is 2.37. The Morgan fingerprint density at radius 2 is 2.03 bits per heavy atom. The van der Waals surface area contributed by atoms with E-state index in [1.54, 1.807) is 25.3 Å². The zero-order valence-electron chi connectivity index (χ0n) is 16.1. The first-order valence-corrected chi connectivity index (χ1v) is 9.71. The van der Waals surface area contributed by atoms with Crippen molar-refractivity contribution in [3.63, 3.8) is 0 Å². The molecule has 1 aromatic heterocycles. The van der Waals surface area contributed by atoms with Crippen LogP contribution in [0.3, 0.4) is 0 Å². The zero-order chi connectivity index (χ0) is 19.8. The first-order chi connectivity index (χ1) is 14.2. The maximum absolute atomic E-state index is 12.5. The molecule has 2 N–H and O–H groups in total. The number of benzene rings is 2. The number of aryl methyl sites for hydroxylation is 1. The highest BCUT2D eigenvalue weighted by atomic mass is 16.7. The monoisotopic (exact) mass is 394 g/mol. The second-order valence-corrected chi connectivity index (χ2v) is 7.24. The highest BCUT2D eigenvalue weighted by molar-refractivity contribution is 5.87. The lowest BCUT2D eigenvalue weighted by atomic mass is 9.91. The zero-order valence-corrected chi connectivity index (χ0v) is 16.1. The lowest BCUT2D eigenvalue weighted by Gasteiger charge is -2.24. The van der Waals surface area contributed by atoms with E-state index in [9.17, 15) is 4.79 Å². The van der Waals surface area contributed by atoms with Crippen molar-refractivity contribution in [2.24, 2.45) is 0 Å². The number of rotatable bonds is 5. The Kier molecular flexibility index (Phi) is 4.42. The summed E-state index contributed by atoms with van der Waals surface area (Å²) in [6, 6.07) is 11.2. The van der Waals surface area contributed by atoms with Crippen molar-refractivity contribution in [2.45, 2.75) is 25.3 Å². The summed E-state index contributed by atoms with van der Waals surface area (Å²) in [6.45, 7) is 0.152. The number of methoxy groups -OCH3 is 1. The van der Waals surface area contributed by atoms with Crippen LogP contribution in [0.25, 0.3) is 10.9 Å². The largest absolute Gasteiger partial charge is 0.497 e. The number of ether oxygens (including phenoxy) is 4.